The number of halogens is 1. The predicted molar refractivity (Wildman–Crippen MR) is 51.6 cm³/mol. The molecule has 2 heterocycles. The van der Waals surface area contributed by atoms with E-state index >= 15 is 0 Å². The molecule has 1 atom stereocenters. The number of rotatable bonds is 1. The number of pyridine rings is 1. The first-order valence-electron chi connectivity index (χ1n) is 4.80. The highest BCUT2D eigenvalue weighted by molar-refractivity contribution is 5.45. The number of β-amino-alcohol motifs (C(OH)–C–C–N with tert-alkyl or cyclic N) is 1. The summed E-state index contributed by atoms with van der Waals surface area (Å²) in [7, 11) is 0. The predicted octanol–water partition coefficient (Wildman–Crippen LogP) is 1.18. The Morgan fingerprint density at radius 2 is 2.43 bits per heavy atom. The van der Waals surface area contributed by atoms with Crippen molar-refractivity contribution in [2.75, 3.05) is 18.0 Å². The van der Waals surface area contributed by atoms with Crippen molar-refractivity contribution in [2.24, 2.45) is 0 Å². The molecule has 76 valence electrons. The van der Waals surface area contributed by atoms with Crippen LogP contribution in [0.15, 0.2) is 18.3 Å². The van der Waals surface area contributed by atoms with Crippen LogP contribution < -0.4 is 4.90 Å². The molecule has 0 spiro atoms. The maximum Gasteiger partial charge on any atom is 0.214 e. The van der Waals surface area contributed by atoms with Crippen molar-refractivity contribution in [3.8, 4) is 0 Å². The lowest BCUT2D eigenvalue weighted by Crippen LogP contribution is -2.38. The molecule has 0 radical (unpaired) electrons. The van der Waals surface area contributed by atoms with E-state index in [2.05, 4.69) is 4.98 Å². The summed E-state index contributed by atoms with van der Waals surface area (Å²) < 4.78 is 12.8. The largest absolute Gasteiger partial charge is 0.391 e. The van der Waals surface area contributed by atoms with Crippen molar-refractivity contribution in [1.29, 1.82) is 0 Å². The number of aromatic nitrogens is 1. The molecule has 1 N–H and O–H groups in total. The average Bonchev–Trinajstić information content (AvgIpc) is 2.18. The molecule has 2 rings (SSSR count). The number of anilines is 1. The van der Waals surface area contributed by atoms with Crippen LogP contribution in [0.3, 0.4) is 0 Å². The molecular formula is C10H13FN2O. The lowest BCUT2D eigenvalue weighted by molar-refractivity contribution is 0.154. The summed E-state index contributed by atoms with van der Waals surface area (Å²) in [5.41, 5.74) is 0.802. The van der Waals surface area contributed by atoms with Crippen LogP contribution in [-0.2, 0) is 0 Å². The zero-order valence-corrected chi connectivity index (χ0v) is 7.86. The second-order valence-electron chi connectivity index (χ2n) is 3.58. The van der Waals surface area contributed by atoms with Gasteiger partial charge in [-0.2, -0.15) is 4.39 Å². The zero-order valence-electron chi connectivity index (χ0n) is 7.86. The molecule has 1 saturated heterocycles. The Morgan fingerprint density at radius 1 is 1.57 bits per heavy atom. The molecule has 14 heavy (non-hydrogen) atoms. The van der Waals surface area contributed by atoms with Crippen LogP contribution in [0.25, 0.3) is 0 Å². The van der Waals surface area contributed by atoms with E-state index < -0.39 is 5.95 Å². The van der Waals surface area contributed by atoms with Gasteiger partial charge in [-0.15, -0.1) is 0 Å². The number of aliphatic hydroxyl groups excluding tert-OH is 1. The minimum Gasteiger partial charge on any atom is -0.391 e. The van der Waals surface area contributed by atoms with Gasteiger partial charge in [0.2, 0.25) is 5.95 Å². The molecule has 4 heteroatoms. The highest BCUT2D eigenvalue weighted by Crippen LogP contribution is 2.19. The van der Waals surface area contributed by atoms with Crippen molar-refractivity contribution >= 4 is 5.69 Å². The second kappa shape index (κ2) is 3.92. The van der Waals surface area contributed by atoms with Crippen molar-refractivity contribution in [3.63, 3.8) is 0 Å². The first kappa shape index (κ1) is 9.40. The van der Waals surface area contributed by atoms with Gasteiger partial charge in [0, 0.05) is 31.0 Å². The molecule has 1 aliphatic heterocycles. The highest BCUT2D eigenvalue weighted by atomic mass is 19.1. The van der Waals surface area contributed by atoms with Crippen LogP contribution in [0, 0.1) is 5.95 Å². The zero-order chi connectivity index (χ0) is 9.97. The summed E-state index contributed by atoms with van der Waals surface area (Å²) in [5, 5.41) is 9.46. The van der Waals surface area contributed by atoms with Crippen molar-refractivity contribution in [3.05, 3.63) is 24.3 Å². The fourth-order valence-electron chi connectivity index (χ4n) is 1.78. The topological polar surface area (TPSA) is 36.4 Å². The molecular weight excluding hydrogens is 183 g/mol. The van der Waals surface area contributed by atoms with Gasteiger partial charge in [-0.05, 0) is 18.9 Å². The van der Waals surface area contributed by atoms with E-state index in [1.165, 1.54) is 12.3 Å². The quantitative estimate of drug-likeness (QED) is 0.685. The van der Waals surface area contributed by atoms with Gasteiger partial charge < -0.3 is 10.0 Å². The first-order chi connectivity index (χ1) is 6.75. The monoisotopic (exact) mass is 196 g/mol. The normalized spacial score (nSPS) is 22.4. The molecule has 0 aliphatic carbocycles. The van der Waals surface area contributed by atoms with E-state index in [-0.39, 0.29) is 6.10 Å². The lowest BCUT2D eigenvalue weighted by atomic mass is 10.1. The van der Waals surface area contributed by atoms with E-state index in [4.69, 9.17) is 0 Å². The highest BCUT2D eigenvalue weighted by Gasteiger charge is 2.17. The van der Waals surface area contributed by atoms with Gasteiger partial charge in [-0.3, -0.25) is 0 Å². The Labute approximate surface area is 82.2 Å². The smallest absolute Gasteiger partial charge is 0.214 e. The third-order valence-electron chi connectivity index (χ3n) is 2.47. The summed E-state index contributed by atoms with van der Waals surface area (Å²) in [6.07, 6.45) is 2.95. The van der Waals surface area contributed by atoms with Crippen LogP contribution in [0.4, 0.5) is 10.1 Å². The molecule has 0 bridgehead atoms. The molecule has 1 aromatic heterocycles. The van der Waals surface area contributed by atoms with Crippen LogP contribution in [0.5, 0.6) is 0 Å². The van der Waals surface area contributed by atoms with Gasteiger partial charge in [0.1, 0.15) is 0 Å². The SMILES string of the molecule is O[C@H]1CCCN(c2ccnc(F)c2)C1. The van der Waals surface area contributed by atoms with Crippen LogP contribution >= 0.6 is 0 Å². The van der Waals surface area contributed by atoms with Gasteiger partial charge in [0.25, 0.3) is 0 Å². The fourth-order valence-corrected chi connectivity index (χ4v) is 1.78. The van der Waals surface area contributed by atoms with Crippen molar-refractivity contribution in [1.82, 2.24) is 4.98 Å². The molecule has 3 nitrogen and oxygen atoms in total. The average molecular weight is 196 g/mol. The number of piperidine rings is 1. The van der Waals surface area contributed by atoms with E-state index in [1.807, 2.05) is 4.90 Å². The Hall–Kier alpha value is -1.16. The van der Waals surface area contributed by atoms with Crippen LogP contribution in [0.1, 0.15) is 12.8 Å². The summed E-state index contributed by atoms with van der Waals surface area (Å²) in [6, 6.07) is 3.17. The van der Waals surface area contributed by atoms with E-state index in [0.29, 0.717) is 6.54 Å². The summed E-state index contributed by atoms with van der Waals surface area (Å²) in [5.74, 6) is -0.470. The van der Waals surface area contributed by atoms with Gasteiger partial charge >= 0.3 is 0 Å². The van der Waals surface area contributed by atoms with Crippen molar-refractivity contribution in [2.45, 2.75) is 18.9 Å². The molecule has 1 aliphatic rings. The molecule has 1 fully saturated rings. The fraction of sp³-hybridized carbons (Fsp3) is 0.500. The van der Waals surface area contributed by atoms with E-state index in [1.54, 1.807) is 6.07 Å². The van der Waals surface area contributed by atoms with E-state index in [9.17, 15) is 9.50 Å². The number of hydrogen-bond donors (Lipinski definition) is 1. The number of nitrogens with zero attached hydrogens (tertiary/aromatic N) is 2. The lowest BCUT2D eigenvalue weighted by Gasteiger charge is -2.31. The standard InChI is InChI=1S/C10H13FN2O/c11-10-6-8(3-4-12-10)13-5-1-2-9(14)7-13/h3-4,6,9,14H,1-2,5,7H2/t9-/m0/s1. The van der Waals surface area contributed by atoms with E-state index in [0.717, 1.165) is 25.1 Å². The Balaban J connectivity index is 2.14. The third kappa shape index (κ3) is 2.01. The van der Waals surface area contributed by atoms with Crippen LogP contribution in [-0.4, -0.2) is 29.3 Å². The summed E-state index contributed by atoms with van der Waals surface area (Å²) in [6.45, 7) is 1.46. The maximum absolute atomic E-state index is 12.8. The summed E-state index contributed by atoms with van der Waals surface area (Å²) >= 11 is 0. The van der Waals surface area contributed by atoms with Gasteiger partial charge in [0.15, 0.2) is 0 Å². The molecule has 1 aromatic rings. The number of hydrogen-bond acceptors (Lipinski definition) is 3. The molecule has 0 aromatic carbocycles. The molecule has 0 unspecified atom stereocenters. The second-order valence-corrected chi connectivity index (χ2v) is 3.58. The molecule has 0 saturated carbocycles. The first-order valence-corrected chi connectivity index (χ1v) is 4.80. The minimum atomic E-state index is -0.470. The Kier molecular flexibility index (Phi) is 2.63. The van der Waals surface area contributed by atoms with Gasteiger partial charge in [-0.1, -0.05) is 0 Å². The van der Waals surface area contributed by atoms with Crippen LogP contribution in [0.2, 0.25) is 0 Å². The maximum atomic E-state index is 12.8. The van der Waals surface area contributed by atoms with Gasteiger partial charge in [-0.25, -0.2) is 4.98 Å². The Bertz CT molecular complexity index is 319. The molecule has 0 amide bonds. The number of aliphatic hydroxyl groups is 1. The summed E-state index contributed by atoms with van der Waals surface area (Å²) in [4.78, 5) is 5.48. The Morgan fingerprint density at radius 3 is 3.14 bits per heavy atom. The third-order valence-corrected chi connectivity index (χ3v) is 2.47. The minimum absolute atomic E-state index is 0.292. The van der Waals surface area contributed by atoms with Crippen molar-refractivity contribution < 1.29 is 9.50 Å². The van der Waals surface area contributed by atoms with Gasteiger partial charge in [0.05, 0.1) is 6.10 Å².